The molecule has 0 aliphatic rings. The quantitative estimate of drug-likeness (QED) is 0.569. The highest BCUT2D eigenvalue weighted by atomic mass is 79.9. The van der Waals surface area contributed by atoms with Crippen LogP contribution in [0.5, 0.6) is 0 Å². The molecule has 4 N–H and O–H groups in total. The Balaban J connectivity index is 2.95. The summed E-state index contributed by atoms with van der Waals surface area (Å²) >= 11 is 3.11. The molecule has 132 valence electrons. The molecule has 0 aliphatic carbocycles. The summed E-state index contributed by atoms with van der Waals surface area (Å²) in [6.45, 7) is 2.57. The molecule has 11 heteroatoms. The molecule has 0 radical (unpaired) electrons. The zero-order valence-electron chi connectivity index (χ0n) is 12.8. The van der Waals surface area contributed by atoms with Crippen LogP contribution < -0.4 is 15.8 Å². The molecule has 9 nitrogen and oxygen atoms in total. The van der Waals surface area contributed by atoms with Gasteiger partial charge >= 0.3 is 12.0 Å². The maximum atomic E-state index is 12.1. The summed E-state index contributed by atoms with van der Waals surface area (Å²) in [5.74, 6) is -1.85. The molecule has 0 atom stereocenters. The lowest BCUT2D eigenvalue weighted by molar-refractivity contribution is -0.123. The van der Waals surface area contributed by atoms with Crippen molar-refractivity contribution < 1.29 is 27.5 Å². The van der Waals surface area contributed by atoms with Gasteiger partial charge in [-0.15, -0.1) is 0 Å². The predicted octanol–water partition coefficient (Wildman–Crippen LogP) is 0.487. The average molecular weight is 422 g/mol. The van der Waals surface area contributed by atoms with Gasteiger partial charge in [-0.25, -0.2) is 22.7 Å². The van der Waals surface area contributed by atoms with Gasteiger partial charge in [0.1, 0.15) is 0 Å². The number of primary amides is 1. The predicted molar refractivity (Wildman–Crippen MR) is 87.6 cm³/mol. The average Bonchev–Trinajstić information content (AvgIpc) is 2.42. The van der Waals surface area contributed by atoms with E-state index in [1.54, 1.807) is 19.2 Å². The van der Waals surface area contributed by atoms with E-state index in [4.69, 9.17) is 10.5 Å². The minimum absolute atomic E-state index is 0.0893. The number of carbonyl (C=O) groups is 3. The zero-order valence-corrected chi connectivity index (χ0v) is 15.2. The largest absolute Gasteiger partial charge is 0.452 e. The fraction of sp³-hybridized carbons (Fsp3) is 0.308. The lowest BCUT2D eigenvalue weighted by atomic mass is 10.2. The Morgan fingerprint density at radius 3 is 2.46 bits per heavy atom. The molecule has 0 heterocycles. The summed E-state index contributed by atoms with van der Waals surface area (Å²) in [5.41, 5.74) is 4.66. The second kappa shape index (κ2) is 8.22. The van der Waals surface area contributed by atoms with Gasteiger partial charge in [0.15, 0.2) is 6.61 Å². The van der Waals surface area contributed by atoms with E-state index in [9.17, 15) is 22.8 Å². The molecular formula is C13H16BrN3O6S. The lowest BCUT2D eigenvalue weighted by Gasteiger charge is -2.11. The molecule has 1 aromatic carbocycles. The smallest absolute Gasteiger partial charge is 0.339 e. The standard InChI is InChI=1S/C13H16BrN3O6S/c1-7(2)17-24(21,22)8-3-4-10(14)9(5-8)12(19)23-6-11(18)16-13(15)20/h3-5,7,17H,6H2,1-2H3,(H3,15,16,18,20). The van der Waals surface area contributed by atoms with Gasteiger partial charge in [-0.05, 0) is 48.0 Å². The fourth-order valence-electron chi connectivity index (χ4n) is 1.59. The zero-order chi connectivity index (χ0) is 18.5. The van der Waals surface area contributed by atoms with Gasteiger partial charge in [-0.2, -0.15) is 0 Å². The topological polar surface area (TPSA) is 145 Å². The first-order valence-corrected chi connectivity index (χ1v) is 8.89. The lowest BCUT2D eigenvalue weighted by Crippen LogP contribution is -2.37. The number of sulfonamides is 1. The normalized spacial score (nSPS) is 11.2. The first-order valence-electron chi connectivity index (χ1n) is 6.61. The first kappa shape index (κ1) is 20.1. The molecule has 0 saturated carbocycles. The van der Waals surface area contributed by atoms with Crippen LogP contribution in [0.2, 0.25) is 0 Å². The summed E-state index contributed by atoms with van der Waals surface area (Å²) in [6, 6.07) is 2.39. The number of ether oxygens (including phenoxy) is 1. The molecule has 0 aromatic heterocycles. The summed E-state index contributed by atoms with van der Waals surface area (Å²) in [7, 11) is -3.80. The van der Waals surface area contributed by atoms with Crippen LogP contribution in [0.25, 0.3) is 0 Å². The van der Waals surface area contributed by atoms with E-state index >= 15 is 0 Å². The maximum Gasteiger partial charge on any atom is 0.339 e. The Labute approximate surface area is 147 Å². The molecule has 0 bridgehead atoms. The number of nitrogens with two attached hydrogens (primary N) is 1. The van der Waals surface area contributed by atoms with E-state index in [1.807, 2.05) is 0 Å². The summed E-state index contributed by atoms with van der Waals surface area (Å²) < 4.78 is 31.6. The highest BCUT2D eigenvalue weighted by Gasteiger charge is 2.20. The third-order valence-corrected chi connectivity index (χ3v) is 4.80. The van der Waals surface area contributed by atoms with Gasteiger partial charge < -0.3 is 10.5 Å². The highest BCUT2D eigenvalue weighted by Crippen LogP contribution is 2.22. The van der Waals surface area contributed by atoms with Gasteiger partial charge in [-0.1, -0.05) is 0 Å². The molecule has 0 saturated heterocycles. The Morgan fingerprint density at radius 1 is 1.29 bits per heavy atom. The van der Waals surface area contributed by atoms with Crippen molar-refractivity contribution in [2.75, 3.05) is 6.61 Å². The Bertz CT molecular complexity index is 763. The number of halogens is 1. The number of imide groups is 1. The second-order valence-corrected chi connectivity index (χ2v) is 7.47. The Morgan fingerprint density at radius 2 is 1.92 bits per heavy atom. The van der Waals surface area contributed by atoms with E-state index in [0.29, 0.717) is 0 Å². The number of urea groups is 1. The van der Waals surface area contributed by atoms with Crippen LogP contribution in [0.15, 0.2) is 27.6 Å². The minimum atomic E-state index is -3.80. The van der Waals surface area contributed by atoms with Gasteiger partial charge in [0.25, 0.3) is 5.91 Å². The van der Waals surface area contributed by atoms with Crippen molar-refractivity contribution in [2.45, 2.75) is 24.8 Å². The van der Waals surface area contributed by atoms with Crippen LogP contribution in [0, 0.1) is 0 Å². The second-order valence-electron chi connectivity index (χ2n) is 4.91. The van der Waals surface area contributed by atoms with Gasteiger partial charge in [0.05, 0.1) is 10.5 Å². The third kappa shape index (κ3) is 5.91. The van der Waals surface area contributed by atoms with E-state index in [-0.39, 0.29) is 21.0 Å². The fourth-order valence-corrected chi connectivity index (χ4v) is 3.27. The highest BCUT2D eigenvalue weighted by molar-refractivity contribution is 9.10. The van der Waals surface area contributed by atoms with Gasteiger partial charge in [0.2, 0.25) is 10.0 Å². The van der Waals surface area contributed by atoms with Gasteiger partial charge in [-0.3, -0.25) is 10.1 Å². The van der Waals surface area contributed by atoms with Crippen LogP contribution in [-0.4, -0.2) is 39.0 Å². The van der Waals surface area contributed by atoms with Crippen molar-refractivity contribution in [1.29, 1.82) is 0 Å². The molecule has 0 aliphatic heterocycles. The number of amides is 3. The van der Waals surface area contributed by atoms with Crippen LogP contribution in [0.4, 0.5) is 4.79 Å². The summed E-state index contributed by atoms with van der Waals surface area (Å²) in [6.07, 6.45) is 0. The van der Waals surface area contributed by atoms with Crippen LogP contribution in [0.3, 0.4) is 0 Å². The SMILES string of the molecule is CC(C)NS(=O)(=O)c1ccc(Br)c(C(=O)OCC(=O)NC(N)=O)c1. The molecule has 0 unspecified atom stereocenters. The molecule has 0 spiro atoms. The summed E-state index contributed by atoms with van der Waals surface area (Å²) in [4.78, 5) is 33.6. The van der Waals surface area contributed by atoms with E-state index in [1.165, 1.54) is 12.1 Å². The van der Waals surface area contributed by atoms with E-state index in [0.717, 1.165) is 6.07 Å². The van der Waals surface area contributed by atoms with E-state index in [2.05, 4.69) is 20.7 Å². The Hall–Kier alpha value is -1.98. The first-order chi connectivity index (χ1) is 11.0. The molecule has 1 aromatic rings. The molecule has 3 amide bonds. The molecular weight excluding hydrogens is 406 g/mol. The van der Waals surface area contributed by atoms with Gasteiger partial charge in [0, 0.05) is 10.5 Å². The number of hydrogen-bond acceptors (Lipinski definition) is 6. The van der Waals surface area contributed by atoms with Crippen LogP contribution >= 0.6 is 15.9 Å². The minimum Gasteiger partial charge on any atom is -0.452 e. The number of benzene rings is 1. The van der Waals surface area contributed by atoms with Crippen molar-refractivity contribution >= 4 is 43.9 Å². The number of hydrogen-bond donors (Lipinski definition) is 3. The van der Waals surface area contributed by atoms with Crippen molar-refractivity contribution in [1.82, 2.24) is 10.0 Å². The van der Waals surface area contributed by atoms with Crippen molar-refractivity contribution in [3.8, 4) is 0 Å². The molecule has 1 rings (SSSR count). The summed E-state index contributed by atoms with van der Waals surface area (Å²) in [5, 5.41) is 1.73. The number of carbonyl (C=O) groups excluding carboxylic acids is 3. The van der Waals surface area contributed by atoms with E-state index < -0.39 is 34.5 Å². The monoisotopic (exact) mass is 421 g/mol. The number of nitrogens with one attached hydrogen (secondary N) is 2. The third-order valence-electron chi connectivity index (χ3n) is 2.46. The van der Waals surface area contributed by atoms with Crippen molar-refractivity contribution in [3.63, 3.8) is 0 Å². The number of esters is 1. The maximum absolute atomic E-state index is 12.1. The number of rotatable bonds is 6. The van der Waals surface area contributed by atoms with Crippen LogP contribution in [-0.2, 0) is 19.6 Å². The van der Waals surface area contributed by atoms with Crippen molar-refractivity contribution in [3.05, 3.63) is 28.2 Å². The van der Waals surface area contributed by atoms with Crippen LogP contribution in [0.1, 0.15) is 24.2 Å². The molecule has 0 fully saturated rings. The Kier molecular flexibility index (Phi) is 6.87. The van der Waals surface area contributed by atoms with Crippen molar-refractivity contribution in [2.24, 2.45) is 5.73 Å². The molecule has 24 heavy (non-hydrogen) atoms.